The van der Waals surface area contributed by atoms with Crippen molar-refractivity contribution in [2.45, 2.75) is 61.4 Å². The largest absolute Gasteiger partial charge is 0.522 e. The first-order valence-corrected chi connectivity index (χ1v) is 11.3. The summed E-state index contributed by atoms with van der Waals surface area (Å²) in [6.07, 6.45) is -3.00. The number of hydrogen-bond acceptors (Lipinski definition) is 7. The second kappa shape index (κ2) is 6.64. The molecule has 4 aliphatic carbocycles. The van der Waals surface area contributed by atoms with Crippen LogP contribution in [0.25, 0.3) is 10.2 Å². The zero-order valence-corrected chi connectivity index (χ0v) is 18.0. The lowest BCUT2D eigenvalue weighted by molar-refractivity contribution is -0.352. The number of thiazole rings is 1. The van der Waals surface area contributed by atoms with Crippen molar-refractivity contribution in [1.82, 2.24) is 20.5 Å². The molecule has 2 aromatic heterocycles. The van der Waals surface area contributed by atoms with Gasteiger partial charge < -0.3 is 9.73 Å². The van der Waals surface area contributed by atoms with Crippen LogP contribution < -0.4 is 5.32 Å². The molecular weight excluding hydrogens is 469 g/mol. The van der Waals surface area contributed by atoms with Gasteiger partial charge in [0.05, 0.1) is 21.7 Å². The van der Waals surface area contributed by atoms with E-state index in [0.29, 0.717) is 41.1 Å². The van der Waals surface area contributed by atoms with E-state index in [1.807, 2.05) is 0 Å². The van der Waals surface area contributed by atoms with Crippen LogP contribution >= 0.6 is 22.9 Å². The maximum Gasteiger partial charge on any atom is 0.522 e. The Kier molecular flexibility index (Phi) is 4.23. The molecule has 4 aliphatic rings. The van der Waals surface area contributed by atoms with Crippen LogP contribution in [0.5, 0.6) is 0 Å². The third-order valence-corrected chi connectivity index (χ3v) is 7.84. The molecule has 7 nitrogen and oxygen atoms in total. The first kappa shape index (κ1) is 20.4. The Balaban J connectivity index is 1.06. The normalized spacial score (nSPS) is 31.0. The average molecular weight is 485 g/mol. The summed E-state index contributed by atoms with van der Waals surface area (Å²) >= 11 is 7.30. The summed E-state index contributed by atoms with van der Waals surface area (Å²) in [5.41, 5.74) is 0.171. The summed E-state index contributed by atoms with van der Waals surface area (Å²) in [5.74, 6) is 0.431. The Bertz CT molecular complexity index is 1220. The number of halogens is 4. The summed E-state index contributed by atoms with van der Waals surface area (Å²) in [4.78, 5) is 17.1. The van der Waals surface area contributed by atoms with E-state index < -0.39 is 12.5 Å². The van der Waals surface area contributed by atoms with Crippen molar-refractivity contribution in [1.29, 1.82) is 0 Å². The number of aromatic nitrogens is 3. The standard InChI is InChI=1S/C20H16ClF3N4O3S/c21-10-1-2-12-13(5-10)32-16(25-12)14(29)26-19-6-18(7-19,8-19)17-28-27-15(30-17)9-3-11(4-9)31-20(22,23)24/h1-2,5,9,11H,3-4,6-8H2,(H,26,29). The van der Waals surface area contributed by atoms with Crippen LogP contribution in [-0.2, 0) is 10.2 Å². The summed E-state index contributed by atoms with van der Waals surface area (Å²) in [6, 6.07) is 5.31. The Hall–Kier alpha value is -2.24. The highest BCUT2D eigenvalue weighted by atomic mass is 35.5. The van der Waals surface area contributed by atoms with Gasteiger partial charge in [0.2, 0.25) is 11.8 Å². The third kappa shape index (κ3) is 3.29. The van der Waals surface area contributed by atoms with Crippen LogP contribution in [-0.4, -0.2) is 39.1 Å². The Morgan fingerprint density at radius 3 is 2.72 bits per heavy atom. The van der Waals surface area contributed by atoms with Crippen LogP contribution in [0.3, 0.4) is 0 Å². The van der Waals surface area contributed by atoms with Gasteiger partial charge in [0, 0.05) is 16.5 Å². The Labute approximate surface area is 188 Å². The number of rotatable bonds is 5. The van der Waals surface area contributed by atoms with Gasteiger partial charge in [-0.15, -0.1) is 34.7 Å². The van der Waals surface area contributed by atoms with Crippen LogP contribution in [0.4, 0.5) is 13.2 Å². The summed E-state index contributed by atoms with van der Waals surface area (Å²) in [5, 5.41) is 12.3. The average Bonchev–Trinajstić information content (AvgIpc) is 3.25. The summed E-state index contributed by atoms with van der Waals surface area (Å²) in [6.45, 7) is 0. The van der Waals surface area contributed by atoms with Crippen molar-refractivity contribution < 1.29 is 27.1 Å². The highest BCUT2D eigenvalue weighted by Crippen LogP contribution is 2.67. The molecule has 0 aliphatic heterocycles. The van der Waals surface area contributed by atoms with Crippen LogP contribution in [0.1, 0.15) is 59.6 Å². The first-order valence-electron chi connectivity index (χ1n) is 10.1. The quantitative estimate of drug-likeness (QED) is 0.563. The number of amides is 1. The van der Waals surface area contributed by atoms with Gasteiger partial charge in [0.25, 0.3) is 5.91 Å². The Morgan fingerprint density at radius 2 is 2.00 bits per heavy atom. The molecule has 168 valence electrons. The third-order valence-electron chi connectivity index (χ3n) is 6.59. The fourth-order valence-corrected chi connectivity index (χ4v) is 6.24. The van der Waals surface area contributed by atoms with Gasteiger partial charge in [0.15, 0.2) is 5.01 Å². The van der Waals surface area contributed by atoms with E-state index in [2.05, 4.69) is 25.2 Å². The molecule has 4 saturated carbocycles. The number of nitrogens with zero attached hydrogens (tertiary/aromatic N) is 3. The second-order valence-corrected chi connectivity index (χ2v) is 10.4. The minimum atomic E-state index is -4.63. The second-order valence-electron chi connectivity index (χ2n) is 8.98. The molecule has 0 radical (unpaired) electrons. The number of benzene rings is 1. The molecule has 12 heteroatoms. The van der Waals surface area contributed by atoms with Gasteiger partial charge in [-0.1, -0.05) is 11.6 Å². The molecule has 0 spiro atoms. The van der Waals surface area contributed by atoms with Gasteiger partial charge in [0.1, 0.15) is 0 Å². The smallest absolute Gasteiger partial charge is 0.424 e. The van der Waals surface area contributed by atoms with E-state index >= 15 is 0 Å². The zero-order valence-electron chi connectivity index (χ0n) is 16.4. The van der Waals surface area contributed by atoms with E-state index in [-0.39, 0.29) is 35.6 Å². The maximum atomic E-state index is 12.7. The highest BCUT2D eigenvalue weighted by molar-refractivity contribution is 7.20. The SMILES string of the molecule is O=C(NC12CC(c3nnc(C4CC(OC(F)(F)F)C4)o3)(C1)C2)c1nc2ccc(Cl)cc2s1. The van der Waals surface area contributed by atoms with Gasteiger partial charge in [-0.05, 0) is 50.3 Å². The molecule has 0 unspecified atom stereocenters. The van der Waals surface area contributed by atoms with Crippen molar-refractivity contribution in [3.8, 4) is 0 Å². The van der Waals surface area contributed by atoms with Crippen molar-refractivity contribution >= 4 is 39.1 Å². The minimum Gasteiger partial charge on any atom is -0.424 e. The van der Waals surface area contributed by atoms with Crippen LogP contribution in [0.15, 0.2) is 22.6 Å². The van der Waals surface area contributed by atoms with Crippen molar-refractivity contribution in [3.05, 3.63) is 40.0 Å². The molecule has 32 heavy (non-hydrogen) atoms. The number of carbonyl (C=O) groups excluding carboxylic acids is 1. The molecular formula is C20H16ClF3N4O3S. The summed E-state index contributed by atoms with van der Waals surface area (Å²) in [7, 11) is 0. The molecule has 1 amide bonds. The molecule has 1 aromatic carbocycles. The topological polar surface area (TPSA) is 90.1 Å². The minimum absolute atomic E-state index is 0.210. The summed E-state index contributed by atoms with van der Waals surface area (Å²) < 4.78 is 47.5. The molecule has 2 bridgehead atoms. The predicted octanol–water partition coefficient (Wildman–Crippen LogP) is 4.72. The molecule has 7 rings (SSSR count). The fraction of sp³-hybridized carbons (Fsp3) is 0.500. The van der Waals surface area contributed by atoms with Crippen molar-refractivity contribution in [2.24, 2.45) is 0 Å². The molecule has 4 fully saturated rings. The van der Waals surface area contributed by atoms with Gasteiger partial charge in [-0.25, -0.2) is 4.98 Å². The van der Waals surface area contributed by atoms with E-state index in [9.17, 15) is 18.0 Å². The first-order chi connectivity index (χ1) is 15.1. The number of fused-ring (bicyclic) bond motifs is 1. The van der Waals surface area contributed by atoms with Gasteiger partial charge in [-0.3, -0.25) is 9.53 Å². The molecule has 0 saturated heterocycles. The van der Waals surface area contributed by atoms with Crippen LogP contribution in [0.2, 0.25) is 5.02 Å². The number of nitrogens with one attached hydrogen (secondary N) is 1. The molecule has 1 N–H and O–H groups in total. The lowest BCUT2D eigenvalue weighted by Gasteiger charge is -2.68. The monoisotopic (exact) mass is 484 g/mol. The van der Waals surface area contributed by atoms with Gasteiger partial charge in [-0.2, -0.15) is 0 Å². The number of hydrogen-bond donors (Lipinski definition) is 1. The number of carbonyl (C=O) groups is 1. The lowest BCUT2D eigenvalue weighted by Crippen LogP contribution is -2.76. The number of alkyl halides is 3. The van der Waals surface area contributed by atoms with Gasteiger partial charge >= 0.3 is 6.36 Å². The maximum absolute atomic E-state index is 12.7. The van der Waals surface area contributed by atoms with E-state index in [1.54, 1.807) is 18.2 Å². The molecule has 3 aromatic rings. The van der Waals surface area contributed by atoms with E-state index in [0.717, 1.165) is 10.2 Å². The van der Waals surface area contributed by atoms with Crippen molar-refractivity contribution in [2.75, 3.05) is 0 Å². The zero-order chi connectivity index (χ0) is 22.3. The van der Waals surface area contributed by atoms with Crippen LogP contribution in [0, 0.1) is 0 Å². The van der Waals surface area contributed by atoms with Crippen molar-refractivity contribution in [3.63, 3.8) is 0 Å². The molecule has 2 heterocycles. The lowest BCUT2D eigenvalue weighted by atomic mass is 9.39. The Morgan fingerprint density at radius 1 is 1.25 bits per heavy atom. The van der Waals surface area contributed by atoms with E-state index in [4.69, 9.17) is 16.0 Å². The fourth-order valence-electron chi connectivity index (χ4n) is 5.10. The predicted molar refractivity (Wildman–Crippen MR) is 108 cm³/mol. The van der Waals surface area contributed by atoms with E-state index in [1.165, 1.54) is 11.3 Å². The molecule has 0 atom stereocenters. The number of ether oxygens (including phenoxy) is 1. The highest BCUT2D eigenvalue weighted by Gasteiger charge is 2.72.